The zero-order chi connectivity index (χ0) is 14.1. The standard InChI is InChI=1S/C13H18N2O3S/c14-11(13(17)18)6-7-19-9-12(16)15-8-10-4-2-1-3-5-10/h1-5,11H,6-9,14H2,(H,15,16)(H,17,18). The largest absolute Gasteiger partial charge is 0.480 e. The number of carbonyl (C=O) groups excluding carboxylic acids is 1. The minimum atomic E-state index is -1.01. The molecule has 5 nitrogen and oxygen atoms in total. The van der Waals surface area contributed by atoms with Gasteiger partial charge in [-0.15, -0.1) is 0 Å². The predicted octanol–water partition coefficient (Wildman–Crippen LogP) is 0.838. The number of aliphatic carboxylic acids is 1. The van der Waals surface area contributed by atoms with Crippen molar-refractivity contribution in [1.82, 2.24) is 5.32 Å². The van der Waals surface area contributed by atoms with Crippen LogP contribution in [0.1, 0.15) is 12.0 Å². The van der Waals surface area contributed by atoms with Crippen LogP contribution in [0.25, 0.3) is 0 Å². The van der Waals surface area contributed by atoms with E-state index in [1.807, 2.05) is 30.3 Å². The van der Waals surface area contributed by atoms with Crippen LogP contribution >= 0.6 is 11.8 Å². The zero-order valence-electron chi connectivity index (χ0n) is 10.5. The molecule has 1 unspecified atom stereocenters. The van der Waals surface area contributed by atoms with E-state index < -0.39 is 12.0 Å². The first-order chi connectivity index (χ1) is 9.09. The lowest BCUT2D eigenvalue weighted by molar-refractivity contribution is -0.138. The van der Waals surface area contributed by atoms with Crippen LogP contribution in [0.15, 0.2) is 30.3 Å². The van der Waals surface area contributed by atoms with Gasteiger partial charge in [0.1, 0.15) is 6.04 Å². The van der Waals surface area contributed by atoms with Gasteiger partial charge in [-0.2, -0.15) is 11.8 Å². The van der Waals surface area contributed by atoms with Crippen molar-refractivity contribution in [3.63, 3.8) is 0 Å². The lowest BCUT2D eigenvalue weighted by Crippen LogP contribution is -2.31. The maximum atomic E-state index is 11.5. The van der Waals surface area contributed by atoms with Crippen LogP contribution in [-0.4, -0.2) is 34.5 Å². The summed E-state index contributed by atoms with van der Waals surface area (Å²) in [5.41, 5.74) is 6.40. The number of hydrogen-bond donors (Lipinski definition) is 3. The van der Waals surface area contributed by atoms with Crippen LogP contribution in [0.5, 0.6) is 0 Å². The van der Waals surface area contributed by atoms with Crippen molar-refractivity contribution in [2.24, 2.45) is 5.73 Å². The molecule has 19 heavy (non-hydrogen) atoms. The first kappa shape index (κ1) is 15.5. The molecule has 1 atom stereocenters. The molecule has 0 fully saturated rings. The Morgan fingerprint density at radius 1 is 1.32 bits per heavy atom. The molecule has 0 aliphatic heterocycles. The summed E-state index contributed by atoms with van der Waals surface area (Å²) in [5, 5.41) is 11.4. The summed E-state index contributed by atoms with van der Waals surface area (Å²) in [5.74, 6) is -0.183. The van der Waals surface area contributed by atoms with Gasteiger partial charge >= 0.3 is 5.97 Å². The predicted molar refractivity (Wildman–Crippen MR) is 75.8 cm³/mol. The number of carboxylic acid groups (broad SMARTS) is 1. The van der Waals surface area contributed by atoms with E-state index in [0.717, 1.165) is 5.56 Å². The number of hydrogen-bond acceptors (Lipinski definition) is 4. The third-order valence-electron chi connectivity index (χ3n) is 2.46. The highest BCUT2D eigenvalue weighted by Crippen LogP contribution is 2.04. The minimum absolute atomic E-state index is 0.0576. The second kappa shape index (κ2) is 8.55. The number of benzene rings is 1. The number of nitrogens with one attached hydrogen (secondary N) is 1. The van der Waals surface area contributed by atoms with Crippen molar-refractivity contribution in [2.75, 3.05) is 11.5 Å². The number of nitrogens with two attached hydrogens (primary N) is 1. The summed E-state index contributed by atoms with van der Waals surface area (Å²) in [7, 11) is 0. The molecule has 1 amide bonds. The van der Waals surface area contributed by atoms with Gasteiger partial charge < -0.3 is 16.2 Å². The van der Waals surface area contributed by atoms with E-state index in [9.17, 15) is 9.59 Å². The summed E-state index contributed by atoms with van der Waals surface area (Å²) in [6.45, 7) is 0.509. The van der Waals surface area contributed by atoms with Crippen molar-refractivity contribution in [1.29, 1.82) is 0 Å². The Kier molecular flexibility index (Phi) is 6.99. The van der Waals surface area contributed by atoms with E-state index in [2.05, 4.69) is 5.32 Å². The van der Waals surface area contributed by atoms with Gasteiger partial charge in [0.15, 0.2) is 0 Å². The first-order valence-corrected chi connectivity index (χ1v) is 7.12. The van der Waals surface area contributed by atoms with E-state index >= 15 is 0 Å². The second-order valence-corrected chi connectivity index (χ2v) is 5.15. The highest BCUT2D eigenvalue weighted by atomic mass is 32.2. The monoisotopic (exact) mass is 282 g/mol. The molecule has 4 N–H and O–H groups in total. The summed E-state index contributed by atoms with van der Waals surface area (Å²) < 4.78 is 0. The molecule has 0 heterocycles. The third-order valence-corrected chi connectivity index (χ3v) is 3.45. The number of thioether (sulfide) groups is 1. The fraction of sp³-hybridized carbons (Fsp3) is 0.385. The molecule has 0 radical (unpaired) electrons. The average molecular weight is 282 g/mol. The molecule has 0 aromatic heterocycles. The van der Waals surface area contributed by atoms with Crippen molar-refractivity contribution >= 4 is 23.6 Å². The molecule has 0 saturated heterocycles. The molecule has 104 valence electrons. The maximum Gasteiger partial charge on any atom is 0.320 e. The minimum Gasteiger partial charge on any atom is -0.480 e. The molecule has 0 aliphatic carbocycles. The maximum absolute atomic E-state index is 11.5. The smallest absolute Gasteiger partial charge is 0.320 e. The zero-order valence-corrected chi connectivity index (χ0v) is 11.4. The van der Waals surface area contributed by atoms with Gasteiger partial charge in [-0.05, 0) is 17.7 Å². The van der Waals surface area contributed by atoms with Crippen molar-refractivity contribution in [2.45, 2.75) is 19.0 Å². The van der Waals surface area contributed by atoms with Crippen molar-refractivity contribution in [3.8, 4) is 0 Å². The molecule has 1 rings (SSSR count). The Hall–Kier alpha value is -1.53. The SMILES string of the molecule is NC(CCSCC(=O)NCc1ccccc1)C(=O)O. The summed E-state index contributed by atoms with van der Waals surface area (Å²) >= 11 is 1.39. The van der Waals surface area contributed by atoms with E-state index in [-0.39, 0.29) is 5.91 Å². The van der Waals surface area contributed by atoms with Gasteiger partial charge in [-0.3, -0.25) is 9.59 Å². The highest BCUT2D eigenvalue weighted by Gasteiger charge is 2.10. The fourth-order valence-electron chi connectivity index (χ4n) is 1.35. The fourth-order valence-corrected chi connectivity index (χ4v) is 2.20. The molecule has 0 saturated carbocycles. The Balaban J connectivity index is 2.10. The van der Waals surface area contributed by atoms with Crippen molar-refractivity contribution < 1.29 is 14.7 Å². The van der Waals surface area contributed by atoms with Crippen LogP contribution < -0.4 is 11.1 Å². The average Bonchev–Trinajstić information content (AvgIpc) is 2.42. The van der Waals surface area contributed by atoms with Crippen LogP contribution in [0, 0.1) is 0 Å². The molecule has 6 heteroatoms. The van der Waals surface area contributed by atoms with Crippen LogP contribution in [-0.2, 0) is 16.1 Å². The topological polar surface area (TPSA) is 92.4 Å². The van der Waals surface area contributed by atoms with Gasteiger partial charge in [0, 0.05) is 6.54 Å². The summed E-state index contributed by atoms with van der Waals surface area (Å²) in [6.07, 6.45) is 0.367. The molecule has 1 aromatic carbocycles. The van der Waals surface area contributed by atoms with E-state index in [1.165, 1.54) is 11.8 Å². The summed E-state index contributed by atoms with van der Waals surface area (Å²) in [6, 6.07) is 8.80. The Morgan fingerprint density at radius 3 is 2.63 bits per heavy atom. The summed E-state index contributed by atoms with van der Waals surface area (Å²) in [4.78, 5) is 22.0. The van der Waals surface area contributed by atoms with E-state index in [1.54, 1.807) is 0 Å². The number of amides is 1. The molecule has 0 spiro atoms. The lowest BCUT2D eigenvalue weighted by Gasteiger charge is -2.07. The third kappa shape index (κ3) is 6.83. The Morgan fingerprint density at radius 2 is 2.00 bits per heavy atom. The van der Waals surface area contributed by atoms with Gasteiger partial charge in [0.25, 0.3) is 0 Å². The van der Waals surface area contributed by atoms with Crippen molar-refractivity contribution in [3.05, 3.63) is 35.9 Å². The van der Waals surface area contributed by atoms with E-state index in [4.69, 9.17) is 10.8 Å². The van der Waals surface area contributed by atoms with Gasteiger partial charge in [-0.25, -0.2) is 0 Å². The number of rotatable bonds is 8. The Bertz CT molecular complexity index is 412. The molecular weight excluding hydrogens is 264 g/mol. The van der Waals surface area contributed by atoms with Gasteiger partial charge in [-0.1, -0.05) is 30.3 Å². The van der Waals surface area contributed by atoms with Crippen LogP contribution in [0.3, 0.4) is 0 Å². The number of carbonyl (C=O) groups is 2. The molecular formula is C13H18N2O3S. The quantitative estimate of drug-likeness (QED) is 0.614. The van der Waals surface area contributed by atoms with Crippen LogP contribution in [0.4, 0.5) is 0 Å². The van der Waals surface area contributed by atoms with Gasteiger partial charge in [0.05, 0.1) is 5.75 Å². The Labute approximate surface area is 116 Å². The first-order valence-electron chi connectivity index (χ1n) is 5.96. The second-order valence-electron chi connectivity index (χ2n) is 4.05. The normalized spacial score (nSPS) is 11.8. The molecule has 0 aliphatic rings. The molecule has 1 aromatic rings. The highest BCUT2D eigenvalue weighted by molar-refractivity contribution is 7.99. The van der Waals surface area contributed by atoms with Crippen LogP contribution in [0.2, 0.25) is 0 Å². The van der Waals surface area contributed by atoms with E-state index in [0.29, 0.717) is 24.5 Å². The molecule has 0 bridgehead atoms. The number of carboxylic acids is 1. The lowest BCUT2D eigenvalue weighted by atomic mass is 10.2. The van der Waals surface area contributed by atoms with Gasteiger partial charge in [0.2, 0.25) is 5.91 Å².